The molecule has 0 saturated heterocycles. The van der Waals surface area contributed by atoms with Crippen LogP contribution in [-0.2, 0) is 0 Å². The third kappa shape index (κ3) is 6.89. The highest BCUT2D eigenvalue weighted by Gasteiger charge is 2.28. The third-order valence-corrected chi connectivity index (χ3v) is 16.6. The lowest BCUT2D eigenvalue weighted by molar-refractivity contribution is 0.443. The van der Waals surface area contributed by atoms with Gasteiger partial charge in [-0.2, -0.15) is 0 Å². The fourth-order valence-electron chi connectivity index (χ4n) is 13.0. The molecule has 0 bridgehead atoms. The highest BCUT2D eigenvalue weighted by molar-refractivity contribution is 6.26. The first-order valence-electron chi connectivity index (χ1n) is 26.6. The molecule has 0 radical (unpaired) electrons. The lowest BCUT2D eigenvalue weighted by Crippen LogP contribution is -2.12. The second-order valence-corrected chi connectivity index (χ2v) is 20.8. The molecule has 10 aromatic carbocycles. The zero-order valence-electron chi connectivity index (χ0n) is 40.8. The highest BCUT2D eigenvalue weighted by Crippen LogP contribution is 2.52. The summed E-state index contributed by atoms with van der Waals surface area (Å²) in [5.74, 6) is 1.20. The van der Waals surface area contributed by atoms with Crippen LogP contribution in [-0.4, -0.2) is 0 Å². The molecular formula is C68H54N2O3. The van der Waals surface area contributed by atoms with Gasteiger partial charge in [-0.1, -0.05) is 172 Å². The molecule has 2 aliphatic carbocycles. The average molecular weight is 947 g/mol. The van der Waals surface area contributed by atoms with Crippen molar-refractivity contribution in [2.45, 2.75) is 76.0 Å². The Kier molecular flexibility index (Phi) is 9.99. The molecule has 0 N–H and O–H groups in total. The summed E-state index contributed by atoms with van der Waals surface area (Å²) in [7, 11) is 0. The normalized spacial score (nSPS) is 15.0. The fourth-order valence-corrected chi connectivity index (χ4v) is 13.0. The average Bonchev–Trinajstić information content (AvgIpc) is 4.18. The Morgan fingerprint density at radius 1 is 0.274 bits per heavy atom. The van der Waals surface area contributed by atoms with Gasteiger partial charge in [0, 0.05) is 65.2 Å². The number of rotatable bonds is 8. The second-order valence-electron chi connectivity index (χ2n) is 20.8. The van der Waals surface area contributed by atoms with Gasteiger partial charge in [-0.25, -0.2) is 0 Å². The fraction of sp³-hybridized carbons (Fsp3) is 0.176. The molecule has 73 heavy (non-hydrogen) atoms. The van der Waals surface area contributed by atoms with E-state index in [0.717, 1.165) is 121 Å². The molecule has 2 saturated carbocycles. The van der Waals surface area contributed by atoms with Crippen molar-refractivity contribution in [2.24, 2.45) is 0 Å². The van der Waals surface area contributed by atoms with Crippen LogP contribution in [0.4, 0.5) is 34.1 Å². The van der Waals surface area contributed by atoms with Gasteiger partial charge in [0.25, 0.3) is 0 Å². The Labute approximate surface area is 423 Å². The van der Waals surface area contributed by atoms with Crippen LogP contribution in [0.3, 0.4) is 0 Å². The largest absolute Gasteiger partial charge is 0.455 e. The molecule has 354 valence electrons. The van der Waals surface area contributed by atoms with Crippen molar-refractivity contribution in [3.63, 3.8) is 0 Å². The van der Waals surface area contributed by atoms with E-state index in [1.807, 2.05) is 0 Å². The first kappa shape index (κ1) is 42.4. The van der Waals surface area contributed by atoms with E-state index in [1.165, 1.54) is 75.3 Å². The van der Waals surface area contributed by atoms with Crippen LogP contribution in [0, 0.1) is 0 Å². The number of hydrogen-bond donors (Lipinski definition) is 0. The predicted octanol–water partition coefficient (Wildman–Crippen LogP) is 20.7. The number of anilines is 6. The maximum Gasteiger partial charge on any atom is 0.159 e. The Balaban J connectivity index is 0.996. The van der Waals surface area contributed by atoms with Crippen molar-refractivity contribution in [3.05, 3.63) is 205 Å². The van der Waals surface area contributed by atoms with Gasteiger partial charge < -0.3 is 23.1 Å². The molecule has 2 fully saturated rings. The quantitative estimate of drug-likeness (QED) is 0.152. The molecule has 3 heterocycles. The van der Waals surface area contributed by atoms with Crippen LogP contribution >= 0.6 is 0 Å². The van der Waals surface area contributed by atoms with Crippen molar-refractivity contribution in [1.82, 2.24) is 0 Å². The van der Waals surface area contributed by atoms with Gasteiger partial charge in [-0.3, -0.25) is 0 Å². The summed E-state index contributed by atoms with van der Waals surface area (Å²) in [4.78, 5) is 4.86. The second kappa shape index (κ2) is 17.2. The van der Waals surface area contributed by atoms with E-state index in [2.05, 4.69) is 204 Å². The molecule has 5 nitrogen and oxygen atoms in total. The zero-order valence-corrected chi connectivity index (χ0v) is 40.8. The van der Waals surface area contributed by atoms with E-state index in [1.54, 1.807) is 0 Å². The molecule has 15 rings (SSSR count). The molecule has 2 aliphatic rings. The van der Waals surface area contributed by atoms with Crippen molar-refractivity contribution in [2.75, 3.05) is 9.80 Å². The lowest BCUT2D eigenvalue weighted by Gasteiger charge is -2.28. The van der Waals surface area contributed by atoms with Gasteiger partial charge >= 0.3 is 0 Å². The number of hydrogen-bond acceptors (Lipinski definition) is 5. The molecule has 13 aromatic rings. The predicted molar refractivity (Wildman–Crippen MR) is 304 cm³/mol. The maximum absolute atomic E-state index is 7.28. The SMILES string of the molecule is c1ccc2c(c1)oc1c(N(c3ccc(C4CCCCC4)cc3)c3cc4c5cc(N(c6ccc(C7CCCCC7)cc6)c6cccc7c6oc6ccccc67)c6ccccc6c5oc4c4ccccc34)cccc12. The molecule has 0 spiro atoms. The Bertz CT molecular complexity index is 3970. The standard InChI is InChI=1S/C68H54N2O3/c1-3-17-43(18-4-1)45-33-37-47(38-34-45)69(59-29-15-27-55-51-23-11-13-31-63(51)71-67(55)59)61-41-57-58-42-62(50-22-8-10-26-54(50)66(58)73-65(57)53-25-9-7-21-49(53)61)70(48-39-35-46(36-40-48)44-19-5-2-6-20-44)60-30-16-28-56-52-24-12-14-32-64(52)72-68(56)60/h7-16,21-44H,1-6,17-20H2. The first-order chi connectivity index (χ1) is 36.2. The minimum atomic E-state index is 0.599. The highest BCUT2D eigenvalue weighted by atomic mass is 16.3. The van der Waals surface area contributed by atoms with Crippen molar-refractivity contribution >= 4 is 121 Å². The topological polar surface area (TPSA) is 45.9 Å². The van der Waals surface area contributed by atoms with Gasteiger partial charge in [-0.05, 0) is 109 Å². The minimum absolute atomic E-state index is 0.599. The van der Waals surface area contributed by atoms with Crippen LogP contribution in [0.15, 0.2) is 207 Å². The number of furan rings is 3. The summed E-state index contributed by atoms with van der Waals surface area (Å²) in [6.07, 6.45) is 12.9. The summed E-state index contributed by atoms with van der Waals surface area (Å²) < 4.78 is 21.0. The molecule has 0 aliphatic heterocycles. The summed E-state index contributed by atoms with van der Waals surface area (Å²) in [6.45, 7) is 0. The van der Waals surface area contributed by atoms with Gasteiger partial charge in [0.05, 0.1) is 22.7 Å². The monoisotopic (exact) mass is 946 g/mol. The Morgan fingerprint density at radius 2 is 0.630 bits per heavy atom. The van der Waals surface area contributed by atoms with E-state index in [4.69, 9.17) is 13.3 Å². The number of benzene rings is 10. The number of para-hydroxylation sites is 4. The van der Waals surface area contributed by atoms with Crippen molar-refractivity contribution < 1.29 is 13.3 Å². The van der Waals surface area contributed by atoms with Crippen molar-refractivity contribution in [1.29, 1.82) is 0 Å². The molecular weight excluding hydrogens is 893 g/mol. The minimum Gasteiger partial charge on any atom is -0.455 e. The Hall–Kier alpha value is -8.28. The van der Waals surface area contributed by atoms with Gasteiger partial charge in [-0.15, -0.1) is 0 Å². The number of fused-ring (bicyclic) bond motifs is 13. The van der Waals surface area contributed by atoms with E-state index >= 15 is 0 Å². The van der Waals surface area contributed by atoms with Crippen LogP contribution in [0.25, 0.3) is 87.4 Å². The third-order valence-electron chi connectivity index (χ3n) is 16.6. The molecule has 3 aromatic heterocycles. The molecule has 0 atom stereocenters. The van der Waals surface area contributed by atoms with Gasteiger partial charge in [0.1, 0.15) is 22.3 Å². The summed E-state index contributed by atoms with van der Waals surface area (Å²) in [5.41, 5.74) is 14.3. The van der Waals surface area contributed by atoms with Crippen LogP contribution in [0.5, 0.6) is 0 Å². The number of nitrogens with zero attached hydrogens (tertiary/aromatic N) is 2. The van der Waals surface area contributed by atoms with Gasteiger partial charge in [0.2, 0.25) is 0 Å². The molecule has 5 heteroatoms. The lowest BCUT2D eigenvalue weighted by atomic mass is 9.84. The van der Waals surface area contributed by atoms with Crippen molar-refractivity contribution in [3.8, 4) is 0 Å². The van der Waals surface area contributed by atoms with Gasteiger partial charge in [0.15, 0.2) is 11.2 Å². The summed E-state index contributed by atoms with van der Waals surface area (Å²) in [5, 5.41) is 10.8. The van der Waals surface area contributed by atoms with Crippen LogP contribution in [0.1, 0.15) is 87.2 Å². The smallest absolute Gasteiger partial charge is 0.159 e. The first-order valence-corrected chi connectivity index (χ1v) is 26.6. The van der Waals surface area contributed by atoms with E-state index in [9.17, 15) is 0 Å². The maximum atomic E-state index is 7.28. The molecule has 0 amide bonds. The molecule has 0 unspecified atom stereocenters. The Morgan fingerprint density at radius 3 is 1.05 bits per heavy atom. The van der Waals surface area contributed by atoms with Crippen LogP contribution < -0.4 is 9.80 Å². The van der Waals surface area contributed by atoms with E-state index in [0.29, 0.717) is 11.8 Å². The van der Waals surface area contributed by atoms with Crippen LogP contribution in [0.2, 0.25) is 0 Å². The summed E-state index contributed by atoms with van der Waals surface area (Å²) in [6, 6.07) is 71.1. The van der Waals surface area contributed by atoms with E-state index in [-0.39, 0.29) is 0 Å². The van der Waals surface area contributed by atoms with E-state index < -0.39 is 0 Å². The summed E-state index contributed by atoms with van der Waals surface area (Å²) >= 11 is 0. The zero-order chi connectivity index (χ0) is 48.0.